The van der Waals surface area contributed by atoms with Crippen LogP contribution in [0, 0.1) is 0 Å². The highest BCUT2D eigenvalue weighted by molar-refractivity contribution is 7.15. The van der Waals surface area contributed by atoms with E-state index in [1.54, 1.807) is 13.2 Å². The fourth-order valence-corrected chi connectivity index (χ4v) is 3.92. The van der Waals surface area contributed by atoms with Gasteiger partial charge in [0.2, 0.25) is 5.91 Å². The average molecular weight is 362 g/mol. The minimum absolute atomic E-state index is 0.170. The molecule has 1 aromatic carbocycles. The zero-order valence-corrected chi connectivity index (χ0v) is 14.5. The molecule has 0 spiro atoms. The molecule has 0 radical (unpaired) electrons. The normalized spacial score (nSPS) is 16.0. The van der Waals surface area contributed by atoms with E-state index < -0.39 is 12.3 Å². The molecule has 1 heterocycles. The number of hydrogen-bond donors (Lipinski definition) is 2. The Kier molecular flexibility index (Phi) is 5.18. The van der Waals surface area contributed by atoms with Crippen molar-refractivity contribution in [2.45, 2.75) is 31.8 Å². The predicted molar refractivity (Wildman–Crippen MR) is 92.2 cm³/mol. The molecule has 0 fully saturated rings. The first-order valence-electron chi connectivity index (χ1n) is 7.87. The molecule has 1 unspecified atom stereocenters. The second kappa shape index (κ2) is 7.52. The third-order valence-corrected chi connectivity index (χ3v) is 4.98. The van der Waals surface area contributed by atoms with E-state index in [2.05, 4.69) is 10.3 Å². The number of methoxy groups -OCH3 is 1. The van der Waals surface area contributed by atoms with Gasteiger partial charge in [-0.15, -0.1) is 11.3 Å². The fourth-order valence-electron chi connectivity index (χ4n) is 2.85. The summed E-state index contributed by atoms with van der Waals surface area (Å²) < 4.78 is 10.1. The van der Waals surface area contributed by atoms with Gasteiger partial charge in [0.15, 0.2) is 5.13 Å². The smallest absolute Gasteiger partial charge is 0.496 e. The fraction of sp³-hybridized carbons (Fsp3) is 0.353. The molecular formula is C17H18N2O5S. The maximum Gasteiger partial charge on any atom is 0.506 e. The third-order valence-electron chi connectivity index (χ3n) is 3.94. The third kappa shape index (κ3) is 4.08. The summed E-state index contributed by atoms with van der Waals surface area (Å²) in [5.41, 5.74) is 1.40. The van der Waals surface area contributed by atoms with Gasteiger partial charge in [0.25, 0.3) is 0 Å². The van der Waals surface area contributed by atoms with Gasteiger partial charge in [-0.2, -0.15) is 0 Å². The van der Waals surface area contributed by atoms with Crippen LogP contribution in [0.4, 0.5) is 9.93 Å². The molecule has 1 amide bonds. The largest absolute Gasteiger partial charge is 0.506 e. The Balaban J connectivity index is 1.70. The molecule has 1 aliphatic carbocycles. The van der Waals surface area contributed by atoms with Crippen molar-refractivity contribution in [2.75, 3.05) is 12.4 Å². The van der Waals surface area contributed by atoms with Crippen molar-refractivity contribution in [1.29, 1.82) is 0 Å². The van der Waals surface area contributed by atoms with Gasteiger partial charge < -0.3 is 19.9 Å². The standard InChI is InChI=1S/C17H18N2O5S/c1-23-11-6-3-2-5-10(11)9-14(20)18-16-19-15-12(24-17(21)22)7-4-8-13(15)25-16/h2-3,5-6,12H,4,7-9H2,1H3,(H,21,22)(H,18,19,20). The summed E-state index contributed by atoms with van der Waals surface area (Å²) in [7, 11) is 1.56. The van der Waals surface area contributed by atoms with Crippen LogP contribution in [0.3, 0.4) is 0 Å². The summed E-state index contributed by atoms with van der Waals surface area (Å²) in [5.74, 6) is 0.456. The lowest BCUT2D eigenvalue weighted by molar-refractivity contribution is -0.115. The number of hydrogen-bond acceptors (Lipinski definition) is 6. The number of aryl methyl sites for hydroxylation is 1. The zero-order chi connectivity index (χ0) is 17.8. The number of rotatable bonds is 5. The van der Waals surface area contributed by atoms with E-state index in [-0.39, 0.29) is 12.3 Å². The molecule has 132 valence electrons. The number of para-hydroxylation sites is 1. The summed E-state index contributed by atoms with van der Waals surface area (Å²) in [6.07, 6.45) is 0.558. The lowest BCUT2D eigenvalue weighted by Crippen LogP contribution is -2.16. The van der Waals surface area contributed by atoms with E-state index in [0.717, 1.165) is 23.3 Å². The summed E-state index contributed by atoms with van der Waals surface area (Å²) in [6.45, 7) is 0. The van der Waals surface area contributed by atoms with Crippen LogP contribution in [0.5, 0.6) is 5.75 Å². The van der Waals surface area contributed by atoms with Crippen LogP contribution >= 0.6 is 11.3 Å². The van der Waals surface area contributed by atoms with Gasteiger partial charge in [-0.3, -0.25) is 4.79 Å². The number of nitrogens with zero attached hydrogens (tertiary/aromatic N) is 1. The molecular weight excluding hydrogens is 344 g/mol. The highest BCUT2D eigenvalue weighted by Gasteiger charge is 2.28. The van der Waals surface area contributed by atoms with Crippen molar-refractivity contribution in [1.82, 2.24) is 4.98 Å². The first-order valence-corrected chi connectivity index (χ1v) is 8.69. The Bertz CT molecular complexity index is 789. The van der Waals surface area contributed by atoms with Crippen molar-refractivity contribution in [3.63, 3.8) is 0 Å². The molecule has 2 aromatic rings. The number of carbonyl (C=O) groups excluding carboxylic acids is 1. The second-order valence-corrected chi connectivity index (χ2v) is 6.71. The molecule has 0 bridgehead atoms. The Morgan fingerprint density at radius 3 is 2.96 bits per heavy atom. The first kappa shape index (κ1) is 17.2. The summed E-state index contributed by atoms with van der Waals surface area (Å²) in [6, 6.07) is 7.33. The van der Waals surface area contributed by atoms with E-state index in [4.69, 9.17) is 14.6 Å². The summed E-state index contributed by atoms with van der Waals surface area (Å²) >= 11 is 1.37. The molecule has 2 N–H and O–H groups in total. The number of thiazole rings is 1. The van der Waals surface area contributed by atoms with Gasteiger partial charge in [0.05, 0.1) is 19.2 Å². The second-order valence-electron chi connectivity index (χ2n) is 5.63. The van der Waals surface area contributed by atoms with Crippen LogP contribution in [0.25, 0.3) is 0 Å². The van der Waals surface area contributed by atoms with Crippen molar-refractivity contribution in [3.05, 3.63) is 40.4 Å². The van der Waals surface area contributed by atoms with E-state index in [1.165, 1.54) is 11.3 Å². The summed E-state index contributed by atoms with van der Waals surface area (Å²) in [4.78, 5) is 28.4. The van der Waals surface area contributed by atoms with Crippen molar-refractivity contribution >= 4 is 28.5 Å². The van der Waals surface area contributed by atoms with Crippen LogP contribution in [-0.4, -0.2) is 29.3 Å². The molecule has 1 aromatic heterocycles. The van der Waals surface area contributed by atoms with Gasteiger partial charge in [-0.25, -0.2) is 9.78 Å². The minimum atomic E-state index is -1.31. The van der Waals surface area contributed by atoms with Crippen LogP contribution in [0.1, 0.15) is 35.1 Å². The number of anilines is 1. The first-order chi connectivity index (χ1) is 12.1. The van der Waals surface area contributed by atoms with Crippen LogP contribution < -0.4 is 10.1 Å². The molecule has 7 nitrogen and oxygen atoms in total. The van der Waals surface area contributed by atoms with Crippen LogP contribution in [0.2, 0.25) is 0 Å². The molecule has 0 saturated carbocycles. The highest BCUT2D eigenvalue weighted by Crippen LogP contribution is 2.37. The lowest BCUT2D eigenvalue weighted by atomic mass is 10.0. The number of carbonyl (C=O) groups is 2. The van der Waals surface area contributed by atoms with E-state index in [9.17, 15) is 9.59 Å². The Morgan fingerprint density at radius 2 is 2.20 bits per heavy atom. The van der Waals surface area contributed by atoms with E-state index in [1.807, 2.05) is 18.2 Å². The Hall–Kier alpha value is -2.61. The SMILES string of the molecule is COc1ccccc1CC(=O)Nc1nc2c(s1)CCCC2OC(=O)O. The van der Waals surface area contributed by atoms with Crippen LogP contribution in [0.15, 0.2) is 24.3 Å². The van der Waals surface area contributed by atoms with Crippen molar-refractivity contribution in [2.24, 2.45) is 0 Å². The molecule has 3 rings (SSSR count). The van der Waals surface area contributed by atoms with Crippen LogP contribution in [-0.2, 0) is 22.4 Å². The maximum atomic E-state index is 12.3. The van der Waals surface area contributed by atoms with Gasteiger partial charge in [0, 0.05) is 10.4 Å². The number of amides is 1. The number of benzene rings is 1. The number of ether oxygens (including phenoxy) is 2. The molecule has 0 saturated heterocycles. The number of fused-ring (bicyclic) bond motifs is 1. The molecule has 25 heavy (non-hydrogen) atoms. The van der Waals surface area contributed by atoms with Gasteiger partial charge in [-0.05, 0) is 25.3 Å². The zero-order valence-electron chi connectivity index (χ0n) is 13.7. The number of nitrogens with one attached hydrogen (secondary N) is 1. The molecule has 1 atom stereocenters. The maximum absolute atomic E-state index is 12.3. The Labute approximate surface area is 148 Å². The number of carboxylic acid groups (broad SMARTS) is 1. The molecule has 0 aliphatic heterocycles. The quantitative estimate of drug-likeness (QED) is 0.791. The van der Waals surface area contributed by atoms with Gasteiger partial charge >= 0.3 is 6.16 Å². The van der Waals surface area contributed by atoms with E-state index >= 15 is 0 Å². The highest BCUT2D eigenvalue weighted by atomic mass is 32.1. The topological polar surface area (TPSA) is 97.8 Å². The monoisotopic (exact) mass is 362 g/mol. The van der Waals surface area contributed by atoms with Crippen molar-refractivity contribution in [3.8, 4) is 5.75 Å². The van der Waals surface area contributed by atoms with E-state index in [0.29, 0.717) is 23.0 Å². The number of aromatic nitrogens is 1. The van der Waals surface area contributed by atoms with Gasteiger partial charge in [-0.1, -0.05) is 18.2 Å². The Morgan fingerprint density at radius 1 is 1.40 bits per heavy atom. The average Bonchev–Trinajstić information content (AvgIpc) is 2.98. The minimum Gasteiger partial charge on any atom is -0.496 e. The predicted octanol–water partition coefficient (Wildman–Crippen LogP) is 3.40. The molecule has 1 aliphatic rings. The summed E-state index contributed by atoms with van der Waals surface area (Å²) in [5, 5.41) is 12.1. The lowest BCUT2D eigenvalue weighted by Gasteiger charge is -2.19. The van der Waals surface area contributed by atoms with Gasteiger partial charge in [0.1, 0.15) is 11.9 Å². The molecule has 8 heteroatoms. The van der Waals surface area contributed by atoms with Crippen molar-refractivity contribution < 1.29 is 24.2 Å².